The lowest BCUT2D eigenvalue weighted by molar-refractivity contribution is 0.247. The quantitative estimate of drug-likeness (QED) is 0.576. The largest absolute Gasteiger partial charge is 0.413 e. The van der Waals surface area contributed by atoms with Crippen LogP contribution >= 0.6 is 0 Å². The Hall–Kier alpha value is -1.38. The van der Waals surface area contributed by atoms with Gasteiger partial charge in [0.2, 0.25) is 5.89 Å². The zero-order valence-corrected chi connectivity index (χ0v) is 6.61. The Labute approximate surface area is 69.6 Å². The molecule has 0 saturated carbocycles. The van der Waals surface area contributed by atoms with Crippen LogP contribution in [0, 0.1) is 11.8 Å². The van der Waals surface area contributed by atoms with Gasteiger partial charge < -0.3 is 15.3 Å². The second-order valence-corrected chi connectivity index (χ2v) is 2.11. The molecule has 0 bridgehead atoms. The first kappa shape index (κ1) is 8.71. The Kier molecular flexibility index (Phi) is 2.80. The van der Waals surface area contributed by atoms with Crippen molar-refractivity contribution in [2.24, 2.45) is 5.73 Å². The summed E-state index contributed by atoms with van der Waals surface area (Å²) in [7, 11) is 0. The van der Waals surface area contributed by atoms with Crippen molar-refractivity contribution in [2.45, 2.75) is 13.0 Å². The summed E-state index contributed by atoms with van der Waals surface area (Å²) in [4.78, 5) is 0. The average Bonchev–Trinajstić information content (AvgIpc) is 2.52. The summed E-state index contributed by atoms with van der Waals surface area (Å²) < 4.78 is 5.00. The van der Waals surface area contributed by atoms with Gasteiger partial charge >= 0.3 is 0 Å². The smallest absolute Gasteiger partial charge is 0.293 e. The third kappa shape index (κ3) is 1.81. The van der Waals surface area contributed by atoms with Crippen LogP contribution < -0.4 is 5.73 Å². The van der Waals surface area contributed by atoms with Crippen molar-refractivity contribution in [3.05, 3.63) is 11.8 Å². The van der Waals surface area contributed by atoms with E-state index in [4.69, 9.17) is 15.3 Å². The number of hydrogen-bond acceptors (Lipinski definition) is 5. The number of hydrogen-bond donors (Lipinski definition) is 2. The molecule has 0 amide bonds. The standard InChI is InChI=1S/C7H9N3O2/c1-2-3-6-9-10-7(12-6)5(8)4-11/h5,11H,4,8H2,1H3. The lowest BCUT2D eigenvalue weighted by Gasteiger charge is -1.98. The van der Waals surface area contributed by atoms with E-state index in [1.165, 1.54) is 0 Å². The van der Waals surface area contributed by atoms with E-state index in [0.29, 0.717) is 0 Å². The molecule has 0 aliphatic heterocycles. The lowest BCUT2D eigenvalue weighted by Crippen LogP contribution is -2.14. The highest BCUT2D eigenvalue weighted by atomic mass is 16.4. The van der Waals surface area contributed by atoms with Gasteiger partial charge in [-0.25, -0.2) is 0 Å². The molecule has 0 spiro atoms. The van der Waals surface area contributed by atoms with E-state index in [0.717, 1.165) is 0 Å². The fourth-order valence-corrected chi connectivity index (χ4v) is 0.620. The highest BCUT2D eigenvalue weighted by Crippen LogP contribution is 2.06. The summed E-state index contributed by atoms with van der Waals surface area (Å²) >= 11 is 0. The van der Waals surface area contributed by atoms with Crippen LogP contribution in [0.25, 0.3) is 0 Å². The van der Waals surface area contributed by atoms with Crippen molar-refractivity contribution in [3.8, 4) is 11.8 Å². The molecule has 1 aromatic rings. The summed E-state index contributed by atoms with van der Waals surface area (Å²) in [6.07, 6.45) is 0. The predicted molar refractivity (Wildman–Crippen MR) is 40.9 cm³/mol. The van der Waals surface area contributed by atoms with Gasteiger partial charge in [0.1, 0.15) is 6.04 Å². The predicted octanol–water partition coefficient (Wildman–Crippen LogP) is -0.567. The second-order valence-electron chi connectivity index (χ2n) is 2.11. The first-order chi connectivity index (χ1) is 5.77. The molecule has 1 aromatic heterocycles. The van der Waals surface area contributed by atoms with Crippen LogP contribution in [0.1, 0.15) is 24.7 Å². The van der Waals surface area contributed by atoms with Crippen LogP contribution in [-0.2, 0) is 0 Å². The first-order valence-corrected chi connectivity index (χ1v) is 3.40. The fourth-order valence-electron chi connectivity index (χ4n) is 0.620. The third-order valence-electron chi connectivity index (χ3n) is 1.19. The van der Waals surface area contributed by atoms with Crippen LogP contribution in [-0.4, -0.2) is 21.9 Å². The zero-order valence-electron chi connectivity index (χ0n) is 6.61. The number of nitrogens with two attached hydrogens (primary N) is 1. The van der Waals surface area contributed by atoms with Crippen molar-refractivity contribution in [1.29, 1.82) is 0 Å². The molecule has 1 atom stereocenters. The SMILES string of the molecule is CC#Cc1nnc(C(N)CO)o1. The van der Waals surface area contributed by atoms with Crippen molar-refractivity contribution >= 4 is 0 Å². The van der Waals surface area contributed by atoms with Gasteiger partial charge in [0, 0.05) is 0 Å². The molecular formula is C7H9N3O2. The van der Waals surface area contributed by atoms with Gasteiger partial charge in [-0.05, 0) is 12.8 Å². The van der Waals surface area contributed by atoms with E-state index in [2.05, 4.69) is 22.0 Å². The zero-order chi connectivity index (χ0) is 8.97. The van der Waals surface area contributed by atoms with Crippen molar-refractivity contribution in [2.75, 3.05) is 6.61 Å². The first-order valence-electron chi connectivity index (χ1n) is 3.40. The molecule has 1 unspecified atom stereocenters. The Morgan fingerprint density at radius 2 is 2.42 bits per heavy atom. The minimum atomic E-state index is -0.620. The van der Waals surface area contributed by atoms with E-state index in [1.807, 2.05) is 0 Å². The maximum atomic E-state index is 8.64. The topological polar surface area (TPSA) is 85.2 Å². The molecule has 0 aliphatic carbocycles. The molecule has 1 heterocycles. The van der Waals surface area contributed by atoms with E-state index in [1.54, 1.807) is 6.92 Å². The molecule has 0 aromatic carbocycles. The van der Waals surface area contributed by atoms with Crippen LogP contribution in [0.2, 0.25) is 0 Å². The average molecular weight is 167 g/mol. The van der Waals surface area contributed by atoms with Crippen molar-refractivity contribution in [1.82, 2.24) is 10.2 Å². The molecular weight excluding hydrogens is 158 g/mol. The Bertz CT molecular complexity index is 310. The molecule has 64 valence electrons. The summed E-state index contributed by atoms with van der Waals surface area (Å²) in [6.45, 7) is 1.44. The van der Waals surface area contributed by atoms with Gasteiger partial charge in [0.25, 0.3) is 5.89 Å². The lowest BCUT2D eigenvalue weighted by atomic mass is 10.3. The molecule has 0 radical (unpaired) electrons. The van der Waals surface area contributed by atoms with Crippen LogP contribution in [0.15, 0.2) is 4.42 Å². The third-order valence-corrected chi connectivity index (χ3v) is 1.19. The Morgan fingerprint density at radius 3 is 3.00 bits per heavy atom. The van der Waals surface area contributed by atoms with Gasteiger partial charge in [-0.3, -0.25) is 0 Å². The van der Waals surface area contributed by atoms with E-state index in [-0.39, 0.29) is 18.4 Å². The van der Waals surface area contributed by atoms with Crippen LogP contribution in [0.5, 0.6) is 0 Å². The molecule has 0 fully saturated rings. The number of aromatic nitrogens is 2. The number of aliphatic hydroxyl groups is 1. The molecule has 3 N–H and O–H groups in total. The van der Waals surface area contributed by atoms with Crippen LogP contribution in [0.4, 0.5) is 0 Å². The molecule has 12 heavy (non-hydrogen) atoms. The van der Waals surface area contributed by atoms with Crippen LogP contribution in [0.3, 0.4) is 0 Å². The van der Waals surface area contributed by atoms with Gasteiger partial charge in [-0.2, -0.15) is 0 Å². The highest BCUT2D eigenvalue weighted by Gasteiger charge is 2.11. The van der Waals surface area contributed by atoms with E-state index in [9.17, 15) is 0 Å². The summed E-state index contributed by atoms with van der Waals surface area (Å²) in [6, 6.07) is -0.620. The molecule has 0 aliphatic rings. The second kappa shape index (κ2) is 3.85. The molecule has 0 saturated heterocycles. The number of rotatable bonds is 2. The number of nitrogens with zero attached hydrogens (tertiary/aromatic N) is 2. The maximum absolute atomic E-state index is 8.64. The summed E-state index contributed by atoms with van der Waals surface area (Å²) in [5, 5.41) is 15.8. The molecule has 5 heteroatoms. The fraction of sp³-hybridized carbons (Fsp3) is 0.429. The normalized spacial score (nSPS) is 11.9. The highest BCUT2D eigenvalue weighted by molar-refractivity contribution is 5.15. The Balaban J connectivity index is 2.81. The minimum Gasteiger partial charge on any atom is -0.413 e. The van der Waals surface area contributed by atoms with Gasteiger partial charge in [0.05, 0.1) is 6.61 Å². The van der Waals surface area contributed by atoms with Crippen molar-refractivity contribution in [3.63, 3.8) is 0 Å². The Morgan fingerprint density at radius 1 is 1.67 bits per heavy atom. The van der Waals surface area contributed by atoms with Gasteiger partial charge in [-0.15, -0.1) is 5.10 Å². The maximum Gasteiger partial charge on any atom is 0.293 e. The van der Waals surface area contributed by atoms with Crippen molar-refractivity contribution < 1.29 is 9.52 Å². The number of aliphatic hydroxyl groups excluding tert-OH is 1. The monoisotopic (exact) mass is 167 g/mol. The summed E-state index contributed by atoms with van der Waals surface area (Å²) in [5.41, 5.74) is 5.41. The van der Waals surface area contributed by atoms with Gasteiger partial charge in [-0.1, -0.05) is 11.0 Å². The van der Waals surface area contributed by atoms with Gasteiger partial charge in [0.15, 0.2) is 0 Å². The van der Waals surface area contributed by atoms with E-state index < -0.39 is 6.04 Å². The molecule has 5 nitrogen and oxygen atoms in total. The van der Waals surface area contributed by atoms with E-state index >= 15 is 0 Å². The molecule has 1 rings (SSSR count). The minimum absolute atomic E-state index is 0.204. The summed E-state index contributed by atoms with van der Waals surface area (Å²) in [5.74, 6) is 5.61.